The summed E-state index contributed by atoms with van der Waals surface area (Å²) in [5, 5.41) is 2.56. The number of rotatable bonds is 5. The molecule has 12 aromatic rings. The van der Waals surface area contributed by atoms with Crippen molar-refractivity contribution in [2.75, 3.05) is 0 Å². The number of benzene rings is 9. The Hall–Kier alpha value is -7.62. The summed E-state index contributed by atoms with van der Waals surface area (Å²) < 4.78 is 134. The summed E-state index contributed by atoms with van der Waals surface area (Å²) in [6, 6.07) is 32.1. The molecule has 57 heavy (non-hydrogen) atoms. The summed E-state index contributed by atoms with van der Waals surface area (Å²) in [5.41, 5.74) is 5.36. The average molecular weight is 741 g/mol. The highest BCUT2D eigenvalue weighted by atomic mass is 16.3. The second-order valence-corrected chi connectivity index (χ2v) is 13.8. The largest absolute Gasteiger partial charge is 0.456 e. The third-order valence-corrected chi connectivity index (χ3v) is 10.7. The lowest BCUT2D eigenvalue weighted by Crippen LogP contribution is -1.94. The summed E-state index contributed by atoms with van der Waals surface area (Å²) in [6.07, 6.45) is 0. The van der Waals surface area contributed by atoms with Gasteiger partial charge in [-0.3, -0.25) is 0 Å². The van der Waals surface area contributed by atoms with Crippen molar-refractivity contribution in [2.45, 2.75) is 0 Å². The smallest absolute Gasteiger partial charge is 0.137 e. The minimum Gasteiger partial charge on any atom is -0.456 e. The number of hydrogen-bond acceptors (Lipinski definition) is 1. The van der Waals surface area contributed by atoms with E-state index in [1.807, 2.05) is 60.7 Å². The van der Waals surface area contributed by atoms with Crippen LogP contribution in [0, 0.1) is 0 Å². The SMILES string of the molecule is [2H]c1ccc2c(c1)c1cc(-c3cc([2H])c4c(c3)c3cc([2H])ccc3n4-c3c([2H])c([2H])c([2H])c4oc5c([2H])c(-c6c([2H])c([2H])c([2H])c([2H])c6[2H])c([2H])c([2H])c5c34)ccc1n2-c1cccc(-c2ccccc2)c1. The average Bonchev–Trinajstić information content (AvgIpc) is 4.03. The Kier molecular flexibility index (Phi) is 4.57. The van der Waals surface area contributed by atoms with Crippen LogP contribution in [0.2, 0.25) is 0 Å². The van der Waals surface area contributed by atoms with E-state index in [0.717, 1.165) is 44.2 Å². The van der Waals surface area contributed by atoms with E-state index in [0.29, 0.717) is 27.9 Å². The van der Waals surface area contributed by atoms with Gasteiger partial charge in [-0.1, -0.05) is 133 Å². The van der Waals surface area contributed by atoms with E-state index in [2.05, 4.69) is 34.9 Å². The van der Waals surface area contributed by atoms with Gasteiger partial charge in [0.2, 0.25) is 0 Å². The zero-order chi connectivity index (χ0) is 49.6. The predicted molar refractivity (Wildman–Crippen MR) is 239 cm³/mol. The van der Waals surface area contributed by atoms with Crippen LogP contribution < -0.4 is 0 Å². The Labute approximate surface area is 348 Å². The van der Waals surface area contributed by atoms with Gasteiger partial charge in [0.1, 0.15) is 11.2 Å². The van der Waals surface area contributed by atoms with Crippen molar-refractivity contribution in [3.63, 3.8) is 0 Å². The van der Waals surface area contributed by atoms with Crippen molar-refractivity contribution in [2.24, 2.45) is 0 Å². The summed E-state index contributed by atoms with van der Waals surface area (Å²) in [6.45, 7) is 0. The molecule has 0 spiro atoms. The van der Waals surface area contributed by atoms with Crippen LogP contribution in [-0.4, -0.2) is 9.13 Å². The standard InChI is InChI=1S/C54H34N2O/c1-3-13-35(14-4-1)37-17-11-18-41(31-37)55-47-21-9-7-19-42(47)45-32-38(26-29-49(45)55)39-27-30-50-46(33-39)43-20-8-10-22-48(43)56(50)51-23-12-24-52-54(51)44-28-25-40(34-53(44)57-52)36-15-5-2-6-16-36/h1-34H/i2D,5D,6D,7D,8D,12D,15D,16D,23D,24D,25D,28D,30D,34D. The Morgan fingerprint density at radius 2 is 1.09 bits per heavy atom. The molecule has 3 heterocycles. The highest BCUT2D eigenvalue weighted by Crippen LogP contribution is 2.42. The number of aromatic nitrogens is 2. The zero-order valence-electron chi connectivity index (χ0n) is 43.8. The fraction of sp³-hybridized carbons (Fsp3) is 0. The monoisotopic (exact) mass is 740 g/mol. The summed E-state index contributed by atoms with van der Waals surface area (Å²) in [4.78, 5) is 0. The molecule has 0 radical (unpaired) electrons. The second kappa shape index (κ2) is 12.5. The van der Waals surface area contributed by atoms with E-state index >= 15 is 0 Å². The van der Waals surface area contributed by atoms with Crippen molar-refractivity contribution >= 4 is 65.6 Å². The van der Waals surface area contributed by atoms with Crippen LogP contribution in [0.25, 0.3) is 110 Å². The first kappa shape index (κ1) is 20.9. The molecule has 0 N–H and O–H groups in total. The molecule has 0 aliphatic carbocycles. The fourth-order valence-electron chi connectivity index (χ4n) is 8.15. The number of para-hydroxylation sites is 2. The van der Waals surface area contributed by atoms with E-state index in [-0.39, 0.29) is 45.2 Å². The third kappa shape index (κ3) is 4.92. The van der Waals surface area contributed by atoms with E-state index in [4.69, 9.17) is 16.8 Å². The molecule has 0 aliphatic heterocycles. The number of fused-ring (bicyclic) bond motifs is 9. The number of furan rings is 1. The Morgan fingerprint density at radius 1 is 0.368 bits per heavy atom. The van der Waals surface area contributed by atoms with Crippen LogP contribution in [-0.2, 0) is 0 Å². The van der Waals surface area contributed by atoms with Gasteiger partial charge >= 0.3 is 0 Å². The number of hydrogen-bond donors (Lipinski definition) is 0. The van der Waals surface area contributed by atoms with Gasteiger partial charge in [0.25, 0.3) is 0 Å². The molecule has 0 bridgehead atoms. The van der Waals surface area contributed by atoms with Crippen molar-refractivity contribution in [1.29, 1.82) is 0 Å². The first-order valence-electron chi connectivity index (χ1n) is 25.4. The summed E-state index contributed by atoms with van der Waals surface area (Å²) in [7, 11) is 0. The van der Waals surface area contributed by atoms with Crippen LogP contribution in [0.4, 0.5) is 0 Å². The van der Waals surface area contributed by atoms with Gasteiger partial charge < -0.3 is 13.6 Å². The maximum Gasteiger partial charge on any atom is 0.137 e. The van der Waals surface area contributed by atoms with Crippen LogP contribution in [0.5, 0.6) is 0 Å². The van der Waals surface area contributed by atoms with Gasteiger partial charge in [-0.2, -0.15) is 0 Å². The molecule has 12 rings (SSSR count). The lowest BCUT2D eigenvalue weighted by molar-refractivity contribution is 0.669. The van der Waals surface area contributed by atoms with Crippen LogP contribution in [0.15, 0.2) is 210 Å². The van der Waals surface area contributed by atoms with Crippen molar-refractivity contribution in [3.05, 3.63) is 206 Å². The lowest BCUT2D eigenvalue weighted by atomic mass is 10.0. The van der Waals surface area contributed by atoms with E-state index in [1.54, 1.807) is 34.9 Å². The third-order valence-electron chi connectivity index (χ3n) is 10.7. The maximum absolute atomic E-state index is 9.74. The zero-order valence-corrected chi connectivity index (χ0v) is 29.8. The minimum absolute atomic E-state index is 0.00677. The molecule has 0 amide bonds. The van der Waals surface area contributed by atoms with E-state index in [1.165, 1.54) is 0 Å². The molecule has 9 aromatic carbocycles. The first-order valence-corrected chi connectivity index (χ1v) is 18.4. The Morgan fingerprint density at radius 3 is 1.91 bits per heavy atom. The molecule has 0 saturated heterocycles. The molecule has 3 nitrogen and oxygen atoms in total. The van der Waals surface area contributed by atoms with Gasteiger partial charge in [-0.25, -0.2) is 0 Å². The molecule has 0 unspecified atom stereocenters. The molecular weight excluding hydrogens is 693 g/mol. The molecule has 0 aliphatic rings. The summed E-state index contributed by atoms with van der Waals surface area (Å²) >= 11 is 0. The molecule has 0 saturated carbocycles. The molecule has 3 aromatic heterocycles. The van der Waals surface area contributed by atoms with Gasteiger partial charge in [0.05, 0.1) is 52.3 Å². The highest BCUT2D eigenvalue weighted by Gasteiger charge is 2.19. The topological polar surface area (TPSA) is 23.0 Å². The molecule has 266 valence electrons. The van der Waals surface area contributed by atoms with Crippen molar-refractivity contribution in [1.82, 2.24) is 9.13 Å². The predicted octanol–water partition coefficient (Wildman–Crippen LogP) is 14.8. The quantitative estimate of drug-likeness (QED) is 0.172. The van der Waals surface area contributed by atoms with Gasteiger partial charge in [0, 0.05) is 32.6 Å². The normalized spacial score (nSPS) is 15.3. The number of nitrogens with zero attached hydrogens (tertiary/aromatic N) is 2. The van der Waals surface area contributed by atoms with Crippen molar-refractivity contribution in [3.8, 4) is 44.8 Å². The van der Waals surface area contributed by atoms with Crippen LogP contribution in [0.3, 0.4) is 0 Å². The van der Waals surface area contributed by atoms with Gasteiger partial charge in [0.15, 0.2) is 0 Å². The van der Waals surface area contributed by atoms with E-state index in [9.17, 15) is 6.85 Å². The maximum atomic E-state index is 9.74. The fourth-order valence-corrected chi connectivity index (χ4v) is 8.15. The summed E-state index contributed by atoms with van der Waals surface area (Å²) in [5.74, 6) is 0. The lowest BCUT2D eigenvalue weighted by Gasteiger charge is -2.11. The molecule has 0 fully saturated rings. The molecule has 3 heteroatoms. The molecular formula is C54H34N2O. The Balaban J connectivity index is 1.10. The van der Waals surface area contributed by atoms with Crippen LogP contribution in [0.1, 0.15) is 19.2 Å². The highest BCUT2D eigenvalue weighted by molar-refractivity contribution is 6.16. The van der Waals surface area contributed by atoms with Gasteiger partial charge in [-0.05, 0) is 106 Å². The molecule has 0 atom stereocenters. The Bertz CT molecular complexity index is 4320. The second-order valence-electron chi connectivity index (χ2n) is 13.8. The van der Waals surface area contributed by atoms with Crippen LogP contribution >= 0.6 is 0 Å². The van der Waals surface area contributed by atoms with E-state index < -0.39 is 77.6 Å². The minimum atomic E-state index is -0.697. The van der Waals surface area contributed by atoms with Crippen molar-refractivity contribution < 1.29 is 23.6 Å². The van der Waals surface area contributed by atoms with Gasteiger partial charge in [-0.15, -0.1) is 0 Å². The first-order chi connectivity index (χ1) is 34.0.